The number of carbonyl (C=O) groups excluding carboxylic acids is 2. The van der Waals surface area contributed by atoms with E-state index < -0.39 is 23.1 Å². The molecule has 5 heteroatoms. The molecule has 1 aromatic heterocycles. The molecule has 5 nitrogen and oxygen atoms in total. The summed E-state index contributed by atoms with van der Waals surface area (Å²) in [5.74, 6) is -1.11. The van der Waals surface area contributed by atoms with Crippen LogP contribution in [0.3, 0.4) is 0 Å². The van der Waals surface area contributed by atoms with Gasteiger partial charge in [-0.25, -0.2) is 0 Å². The Kier molecular flexibility index (Phi) is 4.88. The van der Waals surface area contributed by atoms with Crippen LogP contribution in [0.25, 0.3) is 0 Å². The van der Waals surface area contributed by atoms with Crippen molar-refractivity contribution in [3.05, 3.63) is 41.4 Å². The van der Waals surface area contributed by atoms with E-state index in [-0.39, 0.29) is 11.4 Å². The van der Waals surface area contributed by atoms with Crippen LogP contribution in [0.2, 0.25) is 0 Å². The normalized spacial score (nSPS) is 18.7. The standard InChI is InChI=1S/C18H24N2O3/c1-5-6-10-20-14(12-8-7-9-19-11-12)13(15(21)17(20)23)16(22)18(2,3)4/h7-9,11,14,21H,5-6,10H2,1-4H3. The number of unbranched alkanes of at least 4 members (excludes halogenated alkanes) is 1. The first-order chi connectivity index (χ1) is 10.8. The second-order valence-corrected chi connectivity index (χ2v) is 6.88. The van der Waals surface area contributed by atoms with Gasteiger partial charge in [0, 0.05) is 24.4 Å². The first-order valence-electron chi connectivity index (χ1n) is 7.97. The van der Waals surface area contributed by atoms with Gasteiger partial charge in [0.25, 0.3) is 5.91 Å². The van der Waals surface area contributed by atoms with Crippen LogP contribution >= 0.6 is 0 Å². The number of pyridine rings is 1. The molecule has 0 spiro atoms. The number of aliphatic hydroxyl groups excluding tert-OH is 1. The van der Waals surface area contributed by atoms with Crippen molar-refractivity contribution >= 4 is 11.7 Å². The Balaban J connectivity index is 2.52. The number of hydrogen-bond acceptors (Lipinski definition) is 4. The molecule has 124 valence electrons. The fraction of sp³-hybridized carbons (Fsp3) is 0.500. The van der Waals surface area contributed by atoms with Crippen molar-refractivity contribution in [1.82, 2.24) is 9.88 Å². The van der Waals surface area contributed by atoms with Crippen LogP contribution in [0.5, 0.6) is 0 Å². The molecule has 0 aromatic carbocycles. The lowest BCUT2D eigenvalue weighted by Crippen LogP contribution is -2.33. The van der Waals surface area contributed by atoms with Crippen LogP contribution in [0.4, 0.5) is 0 Å². The van der Waals surface area contributed by atoms with E-state index in [4.69, 9.17) is 0 Å². The third kappa shape index (κ3) is 3.28. The van der Waals surface area contributed by atoms with E-state index in [1.165, 1.54) is 0 Å². The smallest absolute Gasteiger partial charge is 0.290 e. The van der Waals surface area contributed by atoms with Crippen molar-refractivity contribution < 1.29 is 14.7 Å². The summed E-state index contributed by atoms with van der Waals surface area (Å²) in [5.41, 5.74) is 0.255. The molecule has 23 heavy (non-hydrogen) atoms. The Morgan fingerprint density at radius 1 is 1.39 bits per heavy atom. The maximum atomic E-state index is 12.8. The number of nitrogens with zero attached hydrogens (tertiary/aromatic N) is 2. The van der Waals surface area contributed by atoms with Gasteiger partial charge in [-0.1, -0.05) is 40.2 Å². The molecule has 1 aliphatic rings. The van der Waals surface area contributed by atoms with Crippen molar-refractivity contribution in [3.8, 4) is 0 Å². The molecule has 0 saturated carbocycles. The third-order valence-electron chi connectivity index (χ3n) is 3.98. The summed E-state index contributed by atoms with van der Waals surface area (Å²) in [4.78, 5) is 31.0. The average Bonchev–Trinajstić information content (AvgIpc) is 2.76. The van der Waals surface area contributed by atoms with E-state index in [9.17, 15) is 14.7 Å². The van der Waals surface area contributed by atoms with Crippen LogP contribution < -0.4 is 0 Å². The molecule has 0 bridgehead atoms. The molecular weight excluding hydrogens is 292 g/mol. The monoisotopic (exact) mass is 316 g/mol. The van der Waals surface area contributed by atoms with Gasteiger partial charge in [-0.2, -0.15) is 0 Å². The summed E-state index contributed by atoms with van der Waals surface area (Å²) in [5, 5.41) is 10.3. The zero-order valence-corrected chi connectivity index (χ0v) is 14.2. The highest BCUT2D eigenvalue weighted by molar-refractivity contribution is 6.10. The van der Waals surface area contributed by atoms with E-state index >= 15 is 0 Å². The molecule has 1 amide bonds. The fourth-order valence-electron chi connectivity index (χ4n) is 2.73. The summed E-state index contributed by atoms with van der Waals surface area (Å²) in [6.45, 7) is 7.90. The summed E-state index contributed by atoms with van der Waals surface area (Å²) in [7, 11) is 0. The molecule has 0 fully saturated rings. The minimum atomic E-state index is -0.676. The first kappa shape index (κ1) is 17.2. The van der Waals surface area contributed by atoms with Gasteiger partial charge < -0.3 is 10.0 Å². The van der Waals surface area contributed by atoms with Crippen LogP contribution in [0.1, 0.15) is 52.1 Å². The van der Waals surface area contributed by atoms with E-state index in [0.717, 1.165) is 18.4 Å². The van der Waals surface area contributed by atoms with Gasteiger partial charge in [0.05, 0.1) is 11.6 Å². The summed E-state index contributed by atoms with van der Waals surface area (Å²) >= 11 is 0. The predicted molar refractivity (Wildman–Crippen MR) is 87.7 cm³/mol. The van der Waals surface area contributed by atoms with Crippen molar-refractivity contribution in [2.24, 2.45) is 5.41 Å². The lowest BCUT2D eigenvalue weighted by atomic mass is 9.82. The second kappa shape index (κ2) is 6.52. The van der Waals surface area contributed by atoms with Gasteiger partial charge in [-0.15, -0.1) is 0 Å². The number of aromatic nitrogens is 1. The SMILES string of the molecule is CCCCN1C(=O)C(O)=C(C(=O)C(C)(C)C)C1c1cccnc1. The molecular formula is C18H24N2O3. The topological polar surface area (TPSA) is 70.5 Å². The Hall–Kier alpha value is -2.17. The predicted octanol–water partition coefficient (Wildman–Crippen LogP) is 3.19. The molecule has 1 aromatic rings. The molecule has 0 aliphatic carbocycles. The average molecular weight is 316 g/mol. The van der Waals surface area contributed by atoms with Crippen molar-refractivity contribution in [3.63, 3.8) is 0 Å². The lowest BCUT2D eigenvalue weighted by molar-refractivity contribution is -0.129. The summed E-state index contributed by atoms with van der Waals surface area (Å²) < 4.78 is 0. The van der Waals surface area contributed by atoms with E-state index in [2.05, 4.69) is 4.98 Å². The van der Waals surface area contributed by atoms with E-state index in [0.29, 0.717) is 6.54 Å². The molecule has 1 unspecified atom stereocenters. The highest BCUT2D eigenvalue weighted by Crippen LogP contribution is 2.40. The second-order valence-electron chi connectivity index (χ2n) is 6.88. The quantitative estimate of drug-likeness (QED) is 0.905. The number of rotatable bonds is 5. The van der Waals surface area contributed by atoms with Crippen LogP contribution in [0, 0.1) is 5.41 Å². The van der Waals surface area contributed by atoms with Crippen LogP contribution in [-0.2, 0) is 9.59 Å². The first-order valence-corrected chi connectivity index (χ1v) is 7.97. The molecule has 0 radical (unpaired) electrons. The molecule has 1 aliphatic heterocycles. The third-order valence-corrected chi connectivity index (χ3v) is 3.98. The minimum absolute atomic E-state index is 0.187. The number of ketones is 1. The number of Topliss-reactive ketones (excluding diaryl/α,β-unsaturated/α-hetero) is 1. The Bertz CT molecular complexity index is 629. The zero-order valence-electron chi connectivity index (χ0n) is 14.2. The van der Waals surface area contributed by atoms with E-state index in [1.54, 1.807) is 44.1 Å². The van der Waals surface area contributed by atoms with Crippen LogP contribution in [0.15, 0.2) is 35.9 Å². The number of aliphatic hydroxyl groups is 1. The Morgan fingerprint density at radius 3 is 2.61 bits per heavy atom. The highest BCUT2D eigenvalue weighted by Gasteiger charge is 2.45. The van der Waals surface area contributed by atoms with Gasteiger partial charge in [-0.3, -0.25) is 14.6 Å². The Morgan fingerprint density at radius 2 is 2.09 bits per heavy atom. The van der Waals surface area contributed by atoms with E-state index in [1.807, 2.05) is 13.0 Å². The summed E-state index contributed by atoms with van der Waals surface area (Å²) in [6.07, 6.45) is 5.02. The molecule has 0 saturated heterocycles. The van der Waals surface area contributed by atoms with Gasteiger partial charge in [0.15, 0.2) is 11.5 Å². The summed E-state index contributed by atoms with van der Waals surface area (Å²) in [6, 6.07) is 3.04. The molecule has 2 heterocycles. The maximum Gasteiger partial charge on any atom is 0.290 e. The number of hydrogen-bond donors (Lipinski definition) is 1. The number of amides is 1. The highest BCUT2D eigenvalue weighted by atomic mass is 16.3. The molecule has 2 rings (SSSR count). The zero-order chi connectivity index (χ0) is 17.2. The fourth-order valence-corrected chi connectivity index (χ4v) is 2.73. The van der Waals surface area contributed by atoms with Gasteiger partial charge in [0.1, 0.15) is 0 Å². The lowest BCUT2D eigenvalue weighted by Gasteiger charge is -2.28. The van der Waals surface area contributed by atoms with Gasteiger partial charge >= 0.3 is 0 Å². The van der Waals surface area contributed by atoms with Gasteiger partial charge in [0.2, 0.25) is 0 Å². The maximum absolute atomic E-state index is 12.8. The van der Waals surface area contributed by atoms with Crippen LogP contribution in [-0.4, -0.2) is 33.2 Å². The molecule has 1 N–H and O–H groups in total. The largest absolute Gasteiger partial charge is 0.503 e. The van der Waals surface area contributed by atoms with Crippen molar-refractivity contribution in [2.75, 3.05) is 6.54 Å². The van der Waals surface area contributed by atoms with Crippen molar-refractivity contribution in [1.29, 1.82) is 0 Å². The Labute approximate surface area is 137 Å². The van der Waals surface area contributed by atoms with Gasteiger partial charge in [-0.05, 0) is 18.1 Å². The van der Waals surface area contributed by atoms with Crippen molar-refractivity contribution in [2.45, 2.75) is 46.6 Å². The molecule has 1 atom stereocenters. The minimum Gasteiger partial charge on any atom is -0.503 e. The number of carbonyl (C=O) groups is 2.